The first-order valence-corrected chi connectivity index (χ1v) is 7.10. The molecule has 0 saturated heterocycles. The van der Waals surface area contributed by atoms with Crippen molar-refractivity contribution >= 4 is 5.78 Å². The van der Waals surface area contributed by atoms with Crippen LogP contribution in [0.1, 0.15) is 34.8 Å². The van der Waals surface area contributed by atoms with Crippen LogP contribution in [0, 0.1) is 0 Å². The predicted octanol–water partition coefficient (Wildman–Crippen LogP) is 3.02. The van der Waals surface area contributed by atoms with Crippen LogP contribution in [0.15, 0.2) is 48.5 Å². The number of fused-ring (bicyclic) bond motifs is 1. The van der Waals surface area contributed by atoms with E-state index in [0.29, 0.717) is 12.0 Å². The maximum absolute atomic E-state index is 12.2. The Hall–Kier alpha value is -1.93. The summed E-state index contributed by atoms with van der Waals surface area (Å²) in [6.07, 6.45) is 2.74. The lowest BCUT2D eigenvalue weighted by Crippen LogP contribution is -2.14. The normalized spacial score (nSPS) is 14.8. The molecule has 0 saturated carbocycles. The van der Waals surface area contributed by atoms with Gasteiger partial charge in [0.05, 0.1) is 0 Å². The van der Waals surface area contributed by atoms with Crippen molar-refractivity contribution in [3.05, 3.63) is 70.8 Å². The molecule has 1 aliphatic rings. The van der Waals surface area contributed by atoms with E-state index in [1.807, 2.05) is 24.3 Å². The Kier molecular flexibility index (Phi) is 3.66. The zero-order valence-electron chi connectivity index (χ0n) is 11.4. The third-order valence-corrected chi connectivity index (χ3v) is 3.96. The monoisotopic (exact) mass is 266 g/mol. The highest BCUT2D eigenvalue weighted by atomic mass is 16.3. The summed E-state index contributed by atoms with van der Waals surface area (Å²) in [4.78, 5) is 12.2. The summed E-state index contributed by atoms with van der Waals surface area (Å²) in [6.45, 7) is 0. The van der Waals surface area contributed by atoms with Crippen LogP contribution in [0.2, 0.25) is 0 Å². The minimum absolute atomic E-state index is 0.144. The average Bonchev–Trinajstić information content (AvgIpc) is 2.95. The van der Waals surface area contributed by atoms with Gasteiger partial charge in [0.2, 0.25) is 0 Å². The van der Waals surface area contributed by atoms with E-state index in [4.69, 9.17) is 0 Å². The van der Waals surface area contributed by atoms with Crippen LogP contribution in [0.25, 0.3) is 0 Å². The van der Waals surface area contributed by atoms with Gasteiger partial charge in [0.25, 0.3) is 0 Å². The summed E-state index contributed by atoms with van der Waals surface area (Å²) in [5.41, 5.74) is 4.44. The SMILES string of the molecule is O=C(Cc1ccc2c(c1)CCC2)C(O)c1ccccc1. The predicted molar refractivity (Wildman–Crippen MR) is 78.6 cm³/mol. The number of carbonyl (C=O) groups excluding carboxylic acids is 1. The second kappa shape index (κ2) is 5.59. The average molecular weight is 266 g/mol. The maximum Gasteiger partial charge on any atom is 0.170 e. The van der Waals surface area contributed by atoms with Crippen molar-refractivity contribution < 1.29 is 9.90 Å². The number of aliphatic hydroxyl groups excluding tert-OH is 1. The largest absolute Gasteiger partial charge is 0.381 e. The van der Waals surface area contributed by atoms with Crippen LogP contribution in [0.3, 0.4) is 0 Å². The van der Waals surface area contributed by atoms with E-state index in [2.05, 4.69) is 12.1 Å². The Morgan fingerprint density at radius 3 is 2.60 bits per heavy atom. The minimum atomic E-state index is -1.02. The lowest BCUT2D eigenvalue weighted by Gasteiger charge is -2.10. The molecule has 3 rings (SSSR count). The van der Waals surface area contributed by atoms with Gasteiger partial charge in [-0.15, -0.1) is 0 Å². The molecule has 0 spiro atoms. The lowest BCUT2D eigenvalue weighted by atomic mass is 9.98. The molecule has 0 fully saturated rings. The Bertz CT molecular complexity index is 617. The molecule has 1 atom stereocenters. The number of hydrogen-bond donors (Lipinski definition) is 1. The molecule has 0 radical (unpaired) electrons. The Labute approximate surface area is 119 Å². The second-order valence-electron chi connectivity index (χ2n) is 5.41. The first kappa shape index (κ1) is 13.1. The molecule has 20 heavy (non-hydrogen) atoms. The van der Waals surface area contributed by atoms with E-state index < -0.39 is 6.10 Å². The summed E-state index contributed by atoms with van der Waals surface area (Å²) in [6, 6.07) is 15.4. The third kappa shape index (κ3) is 2.66. The van der Waals surface area contributed by atoms with Crippen LogP contribution < -0.4 is 0 Å². The molecule has 102 valence electrons. The van der Waals surface area contributed by atoms with Crippen molar-refractivity contribution in [2.24, 2.45) is 0 Å². The van der Waals surface area contributed by atoms with E-state index in [1.54, 1.807) is 12.1 Å². The Morgan fingerprint density at radius 1 is 1.05 bits per heavy atom. The summed E-state index contributed by atoms with van der Waals surface area (Å²) < 4.78 is 0. The number of hydrogen-bond acceptors (Lipinski definition) is 2. The summed E-state index contributed by atoms with van der Waals surface area (Å²) >= 11 is 0. The van der Waals surface area contributed by atoms with Gasteiger partial charge >= 0.3 is 0 Å². The number of aliphatic hydroxyl groups is 1. The fourth-order valence-electron chi connectivity index (χ4n) is 2.85. The maximum atomic E-state index is 12.2. The van der Waals surface area contributed by atoms with Gasteiger partial charge in [-0.1, -0.05) is 48.5 Å². The summed E-state index contributed by atoms with van der Waals surface area (Å²) in [5, 5.41) is 10.1. The molecule has 1 unspecified atom stereocenters. The fraction of sp³-hybridized carbons (Fsp3) is 0.278. The van der Waals surface area contributed by atoms with Crippen LogP contribution in [0.5, 0.6) is 0 Å². The lowest BCUT2D eigenvalue weighted by molar-refractivity contribution is -0.126. The van der Waals surface area contributed by atoms with Gasteiger partial charge in [-0.2, -0.15) is 0 Å². The molecule has 2 aromatic carbocycles. The number of benzene rings is 2. The van der Waals surface area contributed by atoms with Crippen LogP contribution in [-0.4, -0.2) is 10.9 Å². The van der Waals surface area contributed by atoms with E-state index in [1.165, 1.54) is 17.5 Å². The van der Waals surface area contributed by atoms with Gasteiger partial charge in [-0.25, -0.2) is 0 Å². The van der Waals surface area contributed by atoms with Crippen LogP contribution in [0.4, 0.5) is 0 Å². The molecule has 0 amide bonds. The van der Waals surface area contributed by atoms with E-state index in [-0.39, 0.29) is 5.78 Å². The number of rotatable bonds is 4. The quantitative estimate of drug-likeness (QED) is 0.923. The van der Waals surface area contributed by atoms with Crippen molar-refractivity contribution in [1.82, 2.24) is 0 Å². The van der Waals surface area contributed by atoms with Gasteiger partial charge in [0.1, 0.15) is 6.10 Å². The third-order valence-electron chi connectivity index (χ3n) is 3.96. The van der Waals surface area contributed by atoms with Crippen LogP contribution in [-0.2, 0) is 24.1 Å². The molecule has 0 bridgehead atoms. The van der Waals surface area contributed by atoms with Crippen molar-refractivity contribution in [2.45, 2.75) is 31.8 Å². The van der Waals surface area contributed by atoms with Gasteiger partial charge in [0, 0.05) is 6.42 Å². The van der Waals surface area contributed by atoms with E-state index >= 15 is 0 Å². The number of aryl methyl sites for hydroxylation is 2. The fourth-order valence-corrected chi connectivity index (χ4v) is 2.85. The van der Waals surface area contributed by atoms with Gasteiger partial charge in [-0.05, 0) is 41.5 Å². The van der Waals surface area contributed by atoms with Crippen molar-refractivity contribution in [3.63, 3.8) is 0 Å². The molecule has 2 heteroatoms. The van der Waals surface area contributed by atoms with Gasteiger partial charge < -0.3 is 5.11 Å². The highest BCUT2D eigenvalue weighted by Gasteiger charge is 2.18. The smallest absolute Gasteiger partial charge is 0.170 e. The van der Waals surface area contributed by atoms with Crippen LogP contribution >= 0.6 is 0 Å². The molecular formula is C18H18O2. The van der Waals surface area contributed by atoms with Crippen molar-refractivity contribution in [1.29, 1.82) is 0 Å². The molecule has 0 aliphatic heterocycles. The van der Waals surface area contributed by atoms with E-state index in [9.17, 15) is 9.90 Å². The summed E-state index contributed by atoms with van der Waals surface area (Å²) in [5.74, 6) is -0.144. The van der Waals surface area contributed by atoms with Crippen molar-refractivity contribution in [2.75, 3.05) is 0 Å². The first-order valence-electron chi connectivity index (χ1n) is 7.10. The van der Waals surface area contributed by atoms with Gasteiger partial charge in [0.15, 0.2) is 5.78 Å². The molecule has 0 aromatic heterocycles. The molecule has 1 aliphatic carbocycles. The molecule has 1 N–H and O–H groups in total. The highest BCUT2D eigenvalue weighted by Crippen LogP contribution is 2.24. The zero-order chi connectivity index (χ0) is 13.9. The van der Waals surface area contributed by atoms with E-state index in [0.717, 1.165) is 18.4 Å². The minimum Gasteiger partial charge on any atom is -0.381 e. The standard InChI is InChI=1S/C18H18O2/c19-17(18(20)15-5-2-1-3-6-15)12-13-9-10-14-7-4-8-16(14)11-13/h1-3,5-6,9-11,18,20H,4,7-8,12H2. The second-order valence-corrected chi connectivity index (χ2v) is 5.41. The first-order chi connectivity index (χ1) is 9.74. The number of ketones is 1. The highest BCUT2D eigenvalue weighted by molar-refractivity contribution is 5.86. The van der Waals surface area contributed by atoms with Gasteiger partial charge in [-0.3, -0.25) is 4.79 Å². The number of carbonyl (C=O) groups is 1. The Morgan fingerprint density at radius 2 is 1.80 bits per heavy atom. The van der Waals surface area contributed by atoms with Crippen molar-refractivity contribution in [3.8, 4) is 0 Å². The molecule has 0 heterocycles. The molecule has 2 nitrogen and oxygen atoms in total. The molecule has 2 aromatic rings. The Balaban J connectivity index is 1.73. The zero-order valence-corrected chi connectivity index (χ0v) is 11.4. The molecular weight excluding hydrogens is 248 g/mol. The topological polar surface area (TPSA) is 37.3 Å². The number of Topliss-reactive ketones (excluding diaryl/α,β-unsaturated/α-hetero) is 1. The summed E-state index contributed by atoms with van der Waals surface area (Å²) in [7, 11) is 0.